The number of imidazole rings is 1. The monoisotopic (exact) mass is 551 g/mol. The molecule has 0 spiro atoms. The van der Waals surface area contributed by atoms with E-state index in [0.717, 1.165) is 16.7 Å². The highest BCUT2D eigenvalue weighted by Gasteiger charge is 2.46. The molecule has 4 atom stereocenters. The molecule has 3 aromatic carbocycles. The summed E-state index contributed by atoms with van der Waals surface area (Å²) in [5, 5.41) is 24.7. The van der Waals surface area contributed by atoms with Gasteiger partial charge in [0.25, 0.3) is 0 Å². The molecule has 3 N–H and O–H groups in total. The lowest BCUT2D eigenvalue weighted by atomic mass is 9.80. The van der Waals surface area contributed by atoms with Crippen molar-refractivity contribution in [2.75, 3.05) is 11.9 Å². The Labute approximate surface area is 236 Å². The fourth-order valence-electron chi connectivity index (χ4n) is 5.30. The second-order valence-corrected chi connectivity index (χ2v) is 9.87. The smallest absolute Gasteiger partial charge is 0.231 e. The van der Waals surface area contributed by atoms with E-state index in [1.54, 1.807) is 0 Å². The topological polar surface area (TPSA) is 132 Å². The Hall–Kier alpha value is -4.48. The Balaban J connectivity index is 1.34. The summed E-state index contributed by atoms with van der Waals surface area (Å²) in [6.07, 6.45) is -1.49. The van der Waals surface area contributed by atoms with E-state index in [1.165, 1.54) is 24.0 Å². The molecular formula is C31H29N5O5. The van der Waals surface area contributed by atoms with Gasteiger partial charge in [-0.1, -0.05) is 91.0 Å². The van der Waals surface area contributed by atoms with E-state index in [1.807, 2.05) is 91.0 Å². The molecule has 10 heteroatoms. The van der Waals surface area contributed by atoms with Crippen LogP contribution in [0.4, 0.5) is 5.95 Å². The molecule has 1 aliphatic rings. The lowest BCUT2D eigenvalue weighted by molar-refractivity contribution is -0.114. The fourth-order valence-corrected chi connectivity index (χ4v) is 5.30. The number of fused-ring (bicyclic) bond motifs is 1. The van der Waals surface area contributed by atoms with Crippen LogP contribution in [0.25, 0.3) is 11.2 Å². The van der Waals surface area contributed by atoms with Gasteiger partial charge >= 0.3 is 0 Å². The zero-order chi connectivity index (χ0) is 28.4. The van der Waals surface area contributed by atoms with Gasteiger partial charge in [-0.15, -0.1) is 0 Å². The number of benzene rings is 3. The minimum Gasteiger partial charge on any atom is -0.387 e. The van der Waals surface area contributed by atoms with E-state index < -0.39 is 30.1 Å². The average Bonchev–Trinajstić information content (AvgIpc) is 3.54. The first-order valence-electron chi connectivity index (χ1n) is 13.3. The third-order valence-corrected chi connectivity index (χ3v) is 7.22. The normalized spacial score (nSPS) is 20.8. The number of amides is 1. The van der Waals surface area contributed by atoms with Crippen molar-refractivity contribution in [3.05, 3.63) is 120 Å². The predicted octanol–water partition coefficient (Wildman–Crippen LogP) is 3.41. The first kappa shape index (κ1) is 26.7. The van der Waals surface area contributed by atoms with Gasteiger partial charge in [0.2, 0.25) is 11.9 Å². The molecule has 3 heterocycles. The maximum absolute atomic E-state index is 11.5. The largest absolute Gasteiger partial charge is 0.387 e. The molecule has 5 aromatic rings. The van der Waals surface area contributed by atoms with E-state index in [4.69, 9.17) is 9.47 Å². The first-order valence-corrected chi connectivity index (χ1v) is 13.3. The number of ether oxygens (including phenoxy) is 2. The van der Waals surface area contributed by atoms with Crippen molar-refractivity contribution in [2.24, 2.45) is 0 Å². The highest BCUT2D eigenvalue weighted by molar-refractivity contribution is 5.87. The molecule has 1 amide bonds. The van der Waals surface area contributed by atoms with E-state index in [0.29, 0.717) is 11.2 Å². The second kappa shape index (κ2) is 11.2. The van der Waals surface area contributed by atoms with Crippen LogP contribution in [0.5, 0.6) is 0 Å². The molecule has 0 unspecified atom stereocenters. The van der Waals surface area contributed by atoms with Gasteiger partial charge in [0, 0.05) is 6.92 Å². The number of anilines is 1. The Morgan fingerprint density at radius 3 is 2.00 bits per heavy atom. The summed E-state index contributed by atoms with van der Waals surface area (Å²) in [4.78, 5) is 24.2. The van der Waals surface area contributed by atoms with Gasteiger partial charge in [0.15, 0.2) is 11.9 Å². The number of aliphatic hydroxyl groups excluding tert-OH is 2. The maximum Gasteiger partial charge on any atom is 0.231 e. The second-order valence-electron chi connectivity index (χ2n) is 9.87. The van der Waals surface area contributed by atoms with Gasteiger partial charge in [-0.2, -0.15) is 4.98 Å². The van der Waals surface area contributed by atoms with Crippen LogP contribution < -0.4 is 5.32 Å². The van der Waals surface area contributed by atoms with Crippen molar-refractivity contribution >= 4 is 23.0 Å². The van der Waals surface area contributed by atoms with Gasteiger partial charge in [-0.3, -0.25) is 14.7 Å². The van der Waals surface area contributed by atoms with Crippen molar-refractivity contribution in [1.82, 2.24) is 19.5 Å². The zero-order valence-electron chi connectivity index (χ0n) is 22.2. The van der Waals surface area contributed by atoms with Crippen LogP contribution in [-0.2, 0) is 19.9 Å². The summed E-state index contributed by atoms with van der Waals surface area (Å²) in [6.45, 7) is 1.32. The molecule has 208 valence electrons. The van der Waals surface area contributed by atoms with Crippen molar-refractivity contribution in [1.29, 1.82) is 0 Å². The van der Waals surface area contributed by atoms with Gasteiger partial charge in [-0.05, 0) is 16.7 Å². The minimum atomic E-state index is -1.29. The number of hydrogen-bond donors (Lipinski definition) is 3. The third-order valence-electron chi connectivity index (χ3n) is 7.22. The molecule has 6 rings (SSSR count). The van der Waals surface area contributed by atoms with Gasteiger partial charge < -0.3 is 19.7 Å². The number of carbonyl (C=O) groups excluding carboxylic acids is 1. The average molecular weight is 552 g/mol. The lowest BCUT2D eigenvalue weighted by Gasteiger charge is -2.37. The number of aromatic nitrogens is 4. The van der Waals surface area contributed by atoms with Crippen LogP contribution in [0.15, 0.2) is 104 Å². The highest BCUT2D eigenvalue weighted by Crippen LogP contribution is 2.42. The summed E-state index contributed by atoms with van der Waals surface area (Å²) in [7, 11) is 0. The molecule has 1 fully saturated rings. The number of rotatable bonds is 8. The first-order chi connectivity index (χ1) is 20.0. The van der Waals surface area contributed by atoms with E-state index in [9.17, 15) is 15.0 Å². The number of nitrogens with zero attached hydrogens (tertiary/aromatic N) is 4. The maximum atomic E-state index is 11.5. The lowest BCUT2D eigenvalue weighted by Crippen LogP contribution is -2.39. The molecule has 0 bridgehead atoms. The molecule has 2 aromatic heterocycles. The molecule has 1 saturated heterocycles. The van der Waals surface area contributed by atoms with Crippen LogP contribution in [-0.4, -0.2) is 60.6 Å². The van der Waals surface area contributed by atoms with Crippen LogP contribution in [0, 0.1) is 0 Å². The summed E-state index contributed by atoms with van der Waals surface area (Å²) >= 11 is 0. The zero-order valence-corrected chi connectivity index (χ0v) is 22.2. The molecule has 1 aliphatic heterocycles. The van der Waals surface area contributed by atoms with E-state index in [-0.39, 0.29) is 18.5 Å². The van der Waals surface area contributed by atoms with Crippen molar-refractivity contribution < 1.29 is 24.5 Å². The number of hydrogen-bond acceptors (Lipinski definition) is 8. The van der Waals surface area contributed by atoms with Crippen LogP contribution in [0.3, 0.4) is 0 Å². The third kappa shape index (κ3) is 4.98. The standard InChI is InChI=1S/C31H29N5O5/c1-20(37)34-30-32-17-24-28(35-30)36(19-33-24)29-27(39)26(38)25(41-29)18-40-31(21-11-5-2-6-12-21,22-13-7-3-8-14-22)23-15-9-4-10-16-23/h2-17,19,25-27,29,38-39H,18H2,1H3,(H,32,34,35,37)/t25-,26-,27-,29-/m1/s1. The number of nitrogens with one attached hydrogen (secondary N) is 1. The highest BCUT2D eigenvalue weighted by atomic mass is 16.6. The van der Waals surface area contributed by atoms with Gasteiger partial charge in [0.1, 0.15) is 29.4 Å². The Morgan fingerprint density at radius 1 is 0.902 bits per heavy atom. The van der Waals surface area contributed by atoms with Crippen LogP contribution >= 0.6 is 0 Å². The van der Waals surface area contributed by atoms with Crippen molar-refractivity contribution in [3.63, 3.8) is 0 Å². The minimum absolute atomic E-state index is 0.0356. The van der Waals surface area contributed by atoms with Crippen LogP contribution in [0.2, 0.25) is 0 Å². The van der Waals surface area contributed by atoms with E-state index in [2.05, 4.69) is 20.3 Å². The van der Waals surface area contributed by atoms with Crippen molar-refractivity contribution in [2.45, 2.75) is 37.1 Å². The summed E-state index contributed by atoms with van der Waals surface area (Å²) < 4.78 is 14.5. The molecule has 0 aliphatic carbocycles. The molecule has 10 nitrogen and oxygen atoms in total. The van der Waals surface area contributed by atoms with E-state index >= 15 is 0 Å². The Kier molecular flexibility index (Phi) is 7.29. The molecule has 41 heavy (non-hydrogen) atoms. The summed E-state index contributed by atoms with van der Waals surface area (Å²) in [5.41, 5.74) is 2.49. The fraction of sp³-hybridized carbons (Fsp3) is 0.226. The molecule has 0 saturated carbocycles. The summed E-state index contributed by atoms with van der Waals surface area (Å²) in [6, 6.07) is 29.7. The van der Waals surface area contributed by atoms with Gasteiger partial charge in [0.05, 0.1) is 19.1 Å². The SMILES string of the molecule is CC(=O)Nc1ncc2ncn([C@@H]3O[C@H](COC(c4ccccc4)(c4ccccc4)c4ccccc4)[C@@H](O)[C@H]3O)c2n1. The van der Waals surface area contributed by atoms with Gasteiger partial charge in [-0.25, -0.2) is 9.97 Å². The predicted molar refractivity (Wildman–Crippen MR) is 151 cm³/mol. The van der Waals surface area contributed by atoms with Crippen molar-refractivity contribution in [3.8, 4) is 0 Å². The van der Waals surface area contributed by atoms with Crippen LogP contribution in [0.1, 0.15) is 29.8 Å². The Morgan fingerprint density at radius 2 is 1.46 bits per heavy atom. The quantitative estimate of drug-likeness (QED) is 0.250. The molecular weight excluding hydrogens is 522 g/mol. The number of aliphatic hydroxyl groups is 2. The molecule has 0 radical (unpaired) electrons. The Bertz CT molecular complexity index is 1530. The summed E-state index contributed by atoms with van der Waals surface area (Å²) in [5.74, 6) is -0.225. The number of carbonyl (C=O) groups is 1.